The second kappa shape index (κ2) is 6.03. The molecule has 0 bridgehead atoms. The summed E-state index contributed by atoms with van der Waals surface area (Å²) in [6.07, 6.45) is 3.12. The van der Waals surface area contributed by atoms with Crippen LogP contribution in [0.25, 0.3) is 0 Å². The average molecular weight is 225 g/mol. The van der Waals surface area contributed by atoms with E-state index in [9.17, 15) is 0 Å². The van der Waals surface area contributed by atoms with Gasteiger partial charge in [-0.3, -0.25) is 0 Å². The summed E-state index contributed by atoms with van der Waals surface area (Å²) in [7, 11) is 1.69. The van der Waals surface area contributed by atoms with Gasteiger partial charge in [0.25, 0.3) is 0 Å². The zero-order valence-corrected chi connectivity index (χ0v) is 10.4. The van der Waals surface area contributed by atoms with Crippen molar-refractivity contribution in [3.63, 3.8) is 0 Å². The third-order valence-electron chi connectivity index (χ3n) is 2.48. The van der Waals surface area contributed by atoms with E-state index in [1.807, 2.05) is 24.8 Å². The van der Waals surface area contributed by atoms with E-state index in [2.05, 4.69) is 18.4 Å². The molecule has 1 aromatic carbocycles. The van der Waals surface area contributed by atoms with E-state index in [0.29, 0.717) is 0 Å². The van der Waals surface area contributed by atoms with Crippen LogP contribution in [0.5, 0.6) is 5.75 Å². The molecule has 15 heavy (non-hydrogen) atoms. The summed E-state index contributed by atoms with van der Waals surface area (Å²) in [5.74, 6) is 2.03. The Balaban J connectivity index is 2.73. The summed E-state index contributed by atoms with van der Waals surface area (Å²) in [5, 5.41) is 0. The van der Waals surface area contributed by atoms with Crippen LogP contribution in [0.3, 0.4) is 0 Å². The molecule has 3 heteroatoms. The lowest BCUT2D eigenvalue weighted by Crippen LogP contribution is -2.11. The van der Waals surface area contributed by atoms with Crippen LogP contribution in [-0.4, -0.2) is 19.1 Å². The minimum Gasteiger partial charge on any atom is -0.496 e. The molecule has 0 heterocycles. The monoisotopic (exact) mass is 225 g/mol. The third kappa shape index (κ3) is 3.43. The zero-order valence-electron chi connectivity index (χ0n) is 9.62. The predicted molar refractivity (Wildman–Crippen MR) is 67.7 cm³/mol. The number of hydrogen-bond acceptors (Lipinski definition) is 3. The molecule has 0 radical (unpaired) electrons. The summed E-state index contributed by atoms with van der Waals surface area (Å²) < 4.78 is 5.22. The second-order valence-electron chi connectivity index (χ2n) is 3.62. The maximum absolute atomic E-state index is 6.09. The fourth-order valence-corrected chi connectivity index (χ4v) is 2.03. The van der Waals surface area contributed by atoms with Gasteiger partial charge in [0.2, 0.25) is 0 Å². The van der Waals surface area contributed by atoms with Crippen molar-refractivity contribution in [2.45, 2.75) is 19.4 Å². The normalized spacial score (nSPS) is 12.5. The first kappa shape index (κ1) is 12.4. The van der Waals surface area contributed by atoms with Crippen molar-refractivity contribution in [2.75, 3.05) is 19.1 Å². The van der Waals surface area contributed by atoms with E-state index in [-0.39, 0.29) is 6.04 Å². The van der Waals surface area contributed by atoms with Gasteiger partial charge in [0.1, 0.15) is 5.75 Å². The van der Waals surface area contributed by atoms with E-state index in [1.165, 1.54) is 5.56 Å². The number of rotatable bonds is 5. The molecule has 84 valence electrons. The number of nitrogens with two attached hydrogens (primary N) is 1. The Hall–Kier alpha value is -0.670. The molecule has 0 amide bonds. The Kier molecular flexibility index (Phi) is 4.99. The molecular formula is C12H19NOS. The SMILES string of the molecule is COc1ccc(C(N)CCSC)cc1C. The highest BCUT2D eigenvalue weighted by molar-refractivity contribution is 7.98. The molecule has 1 atom stereocenters. The van der Waals surface area contributed by atoms with Gasteiger partial charge < -0.3 is 10.5 Å². The largest absolute Gasteiger partial charge is 0.496 e. The molecule has 0 aliphatic heterocycles. The van der Waals surface area contributed by atoms with Gasteiger partial charge in [-0.15, -0.1) is 0 Å². The van der Waals surface area contributed by atoms with Gasteiger partial charge in [0.15, 0.2) is 0 Å². The molecule has 2 N–H and O–H groups in total. The standard InChI is InChI=1S/C12H19NOS/c1-9-8-10(4-5-12(9)14-2)11(13)6-7-15-3/h4-5,8,11H,6-7,13H2,1-3H3. The van der Waals surface area contributed by atoms with Crippen molar-refractivity contribution in [3.8, 4) is 5.75 Å². The van der Waals surface area contributed by atoms with Gasteiger partial charge in [-0.25, -0.2) is 0 Å². The topological polar surface area (TPSA) is 35.2 Å². The number of aryl methyl sites for hydroxylation is 1. The molecule has 0 fully saturated rings. The predicted octanol–water partition coefficient (Wildman–Crippen LogP) is 2.76. The summed E-state index contributed by atoms with van der Waals surface area (Å²) in [5.41, 5.74) is 8.43. The van der Waals surface area contributed by atoms with E-state index >= 15 is 0 Å². The molecule has 0 aromatic heterocycles. The highest BCUT2D eigenvalue weighted by Crippen LogP contribution is 2.23. The van der Waals surface area contributed by atoms with E-state index < -0.39 is 0 Å². The van der Waals surface area contributed by atoms with Crippen LogP contribution in [-0.2, 0) is 0 Å². The first-order valence-corrected chi connectivity index (χ1v) is 6.47. The Bertz CT molecular complexity index is 314. The van der Waals surface area contributed by atoms with Crippen molar-refractivity contribution >= 4 is 11.8 Å². The van der Waals surface area contributed by atoms with Crippen molar-refractivity contribution in [1.82, 2.24) is 0 Å². The second-order valence-corrected chi connectivity index (χ2v) is 4.60. The van der Waals surface area contributed by atoms with Gasteiger partial charge >= 0.3 is 0 Å². The van der Waals surface area contributed by atoms with Crippen molar-refractivity contribution in [3.05, 3.63) is 29.3 Å². The number of thioether (sulfide) groups is 1. The third-order valence-corrected chi connectivity index (χ3v) is 3.12. The molecule has 2 nitrogen and oxygen atoms in total. The minimum absolute atomic E-state index is 0.141. The molecule has 1 aromatic rings. The van der Waals surface area contributed by atoms with Crippen LogP contribution in [0.2, 0.25) is 0 Å². The van der Waals surface area contributed by atoms with Gasteiger partial charge in [-0.05, 0) is 42.5 Å². The van der Waals surface area contributed by atoms with Crippen LogP contribution in [0.4, 0.5) is 0 Å². The van der Waals surface area contributed by atoms with E-state index in [0.717, 1.165) is 23.5 Å². The maximum atomic E-state index is 6.09. The lowest BCUT2D eigenvalue weighted by molar-refractivity contribution is 0.411. The number of ether oxygens (including phenoxy) is 1. The summed E-state index contributed by atoms with van der Waals surface area (Å²) in [6.45, 7) is 2.05. The molecule has 0 aliphatic carbocycles. The molecule has 1 unspecified atom stereocenters. The molecular weight excluding hydrogens is 206 g/mol. The Morgan fingerprint density at radius 1 is 1.47 bits per heavy atom. The highest BCUT2D eigenvalue weighted by atomic mass is 32.2. The van der Waals surface area contributed by atoms with Crippen molar-refractivity contribution in [2.24, 2.45) is 5.73 Å². The maximum Gasteiger partial charge on any atom is 0.121 e. The summed E-state index contributed by atoms with van der Waals surface area (Å²) in [6, 6.07) is 6.30. The number of methoxy groups -OCH3 is 1. The quantitative estimate of drug-likeness (QED) is 0.837. The molecule has 0 spiro atoms. The number of hydrogen-bond donors (Lipinski definition) is 1. The van der Waals surface area contributed by atoms with Gasteiger partial charge in [-0.1, -0.05) is 12.1 Å². The van der Waals surface area contributed by atoms with Gasteiger partial charge in [0, 0.05) is 6.04 Å². The molecule has 0 saturated carbocycles. The van der Waals surface area contributed by atoms with Crippen LogP contribution >= 0.6 is 11.8 Å². The molecule has 1 rings (SSSR count). The Labute approximate surface area is 96.2 Å². The van der Waals surface area contributed by atoms with Crippen LogP contribution in [0, 0.1) is 6.92 Å². The van der Waals surface area contributed by atoms with E-state index in [1.54, 1.807) is 7.11 Å². The zero-order chi connectivity index (χ0) is 11.3. The minimum atomic E-state index is 0.141. The highest BCUT2D eigenvalue weighted by Gasteiger charge is 2.07. The Morgan fingerprint density at radius 2 is 2.20 bits per heavy atom. The van der Waals surface area contributed by atoms with Crippen molar-refractivity contribution < 1.29 is 4.74 Å². The molecule has 0 aliphatic rings. The van der Waals surface area contributed by atoms with Gasteiger partial charge in [-0.2, -0.15) is 11.8 Å². The smallest absolute Gasteiger partial charge is 0.121 e. The fourth-order valence-electron chi connectivity index (χ4n) is 1.54. The van der Waals surface area contributed by atoms with Crippen molar-refractivity contribution in [1.29, 1.82) is 0 Å². The van der Waals surface area contributed by atoms with E-state index in [4.69, 9.17) is 10.5 Å². The fraction of sp³-hybridized carbons (Fsp3) is 0.500. The lowest BCUT2D eigenvalue weighted by atomic mass is 10.0. The average Bonchev–Trinajstić information content (AvgIpc) is 2.25. The van der Waals surface area contributed by atoms with Crippen LogP contribution in [0.1, 0.15) is 23.6 Å². The summed E-state index contributed by atoms with van der Waals surface area (Å²) >= 11 is 1.83. The van der Waals surface area contributed by atoms with Crippen LogP contribution < -0.4 is 10.5 Å². The van der Waals surface area contributed by atoms with Crippen LogP contribution in [0.15, 0.2) is 18.2 Å². The Morgan fingerprint density at radius 3 is 2.73 bits per heavy atom. The van der Waals surface area contributed by atoms with Gasteiger partial charge in [0.05, 0.1) is 7.11 Å². The first-order chi connectivity index (χ1) is 7.19. The lowest BCUT2D eigenvalue weighted by Gasteiger charge is -2.13. The molecule has 0 saturated heterocycles. The summed E-state index contributed by atoms with van der Waals surface area (Å²) in [4.78, 5) is 0. The first-order valence-electron chi connectivity index (χ1n) is 5.08. The number of benzene rings is 1.